The lowest BCUT2D eigenvalue weighted by molar-refractivity contribution is -0.118. The average molecular weight is 217 g/mol. The Hall–Kier alpha value is -1.64. The van der Waals surface area contributed by atoms with Crippen LogP contribution in [0.1, 0.15) is 30.4 Å². The zero-order valence-corrected chi connectivity index (χ0v) is 9.56. The summed E-state index contributed by atoms with van der Waals surface area (Å²) < 4.78 is 0. The van der Waals surface area contributed by atoms with Crippen LogP contribution in [0.15, 0.2) is 18.2 Å². The van der Waals surface area contributed by atoms with Gasteiger partial charge in [-0.2, -0.15) is 0 Å². The van der Waals surface area contributed by atoms with Crippen LogP contribution in [0.2, 0.25) is 0 Å². The number of rotatable bonds is 3. The minimum atomic E-state index is -0.0591. The molecular weight excluding hydrogens is 202 g/mol. The number of hydrogen-bond donors (Lipinski definition) is 0. The fourth-order valence-corrected chi connectivity index (χ4v) is 2.18. The van der Waals surface area contributed by atoms with Gasteiger partial charge in [-0.25, -0.2) is 0 Å². The molecule has 1 aromatic rings. The number of carbonyl (C=O) groups excluding carboxylic acids is 2. The van der Waals surface area contributed by atoms with Gasteiger partial charge in [0.25, 0.3) is 0 Å². The summed E-state index contributed by atoms with van der Waals surface area (Å²) in [6, 6.07) is 6.01. The summed E-state index contributed by atoms with van der Waals surface area (Å²) >= 11 is 0. The van der Waals surface area contributed by atoms with Crippen molar-refractivity contribution in [2.75, 3.05) is 11.9 Å². The molecule has 1 aliphatic heterocycles. The number of nitrogens with zero attached hydrogens (tertiary/aromatic N) is 1. The molecule has 0 fully saturated rings. The molecule has 0 saturated heterocycles. The molecule has 0 aliphatic carbocycles. The van der Waals surface area contributed by atoms with Crippen molar-refractivity contribution in [1.82, 2.24) is 0 Å². The van der Waals surface area contributed by atoms with Crippen LogP contribution in [0.5, 0.6) is 0 Å². The maximum atomic E-state index is 11.8. The highest BCUT2D eigenvalue weighted by molar-refractivity contribution is 6.04. The number of hydrogen-bond acceptors (Lipinski definition) is 2. The van der Waals surface area contributed by atoms with E-state index in [2.05, 4.69) is 0 Å². The molecular formula is C13H15NO2. The van der Waals surface area contributed by atoms with E-state index in [1.165, 1.54) is 0 Å². The maximum absolute atomic E-state index is 11.8. The second-order valence-corrected chi connectivity index (χ2v) is 4.22. The van der Waals surface area contributed by atoms with E-state index in [1.807, 2.05) is 25.1 Å². The summed E-state index contributed by atoms with van der Waals surface area (Å²) in [6.07, 6.45) is 2.21. The summed E-state index contributed by atoms with van der Waals surface area (Å²) in [6.45, 7) is 1.92. The molecule has 2 rings (SSSR count). The Morgan fingerprint density at radius 1 is 1.44 bits per heavy atom. The molecule has 0 bridgehead atoms. The van der Waals surface area contributed by atoms with Crippen molar-refractivity contribution in [1.29, 1.82) is 0 Å². The summed E-state index contributed by atoms with van der Waals surface area (Å²) in [5.41, 5.74) is 3.20. The molecule has 0 N–H and O–H groups in total. The number of aryl methyl sites for hydroxylation is 1. The Labute approximate surface area is 95.1 Å². The van der Waals surface area contributed by atoms with Crippen LogP contribution in [0.3, 0.4) is 0 Å². The number of anilines is 1. The van der Waals surface area contributed by atoms with E-state index in [9.17, 15) is 9.59 Å². The predicted octanol–water partition coefficient (Wildman–Crippen LogP) is 1.90. The molecule has 1 heterocycles. The van der Waals surface area contributed by atoms with Crippen molar-refractivity contribution in [3.63, 3.8) is 0 Å². The molecule has 1 aliphatic rings. The molecule has 16 heavy (non-hydrogen) atoms. The van der Waals surface area contributed by atoms with Crippen LogP contribution in [0.25, 0.3) is 0 Å². The molecule has 3 nitrogen and oxygen atoms in total. The SMILES string of the molecule is CC1C(=O)N(C)c2ccc(CCC=O)cc21. The molecule has 0 saturated carbocycles. The van der Waals surface area contributed by atoms with E-state index < -0.39 is 0 Å². The van der Waals surface area contributed by atoms with E-state index in [0.29, 0.717) is 6.42 Å². The lowest BCUT2D eigenvalue weighted by Crippen LogP contribution is -2.22. The number of likely N-dealkylation sites (N-methyl/N-ethyl adjacent to an activating group) is 1. The first-order valence-corrected chi connectivity index (χ1v) is 5.49. The van der Waals surface area contributed by atoms with Gasteiger partial charge in [0.2, 0.25) is 5.91 Å². The minimum Gasteiger partial charge on any atom is -0.315 e. The zero-order valence-electron chi connectivity index (χ0n) is 9.56. The van der Waals surface area contributed by atoms with Crippen molar-refractivity contribution in [3.8, 4) is 0 Å². The first-order chi connectivity index (χ1) is 7.65. The molecule has 0 spiro atoms. The van der Waals surface area contributed by atoms with Crippen molar-refractivity contribution in [2.45, 2.75) is 25.7 Å². The number of aldehydes is 1. The van der Waals surface area contributed by atoms with Crippen LogP contribution in [-0.4, -0.2) is 19.2 Å². The molecule has 84 valence electrons. The number of benzene rings is 1. The third-order valence-corrected chi connectivity index (χ3v) is 3.17. The van der Waals surface area contributed by atoms with Gasteiger partial charge in [0.15, 0.2) is 0 Å². The molecule has 1 amide bonds. The predicted molar refractivity (Wildman–Crippen MR) is 62.7 cm³/mol. The maximum Gasteiger partial charge on any atom is 0.234 e. The summed E-state index contributed by atoms with van der Waals surface area (Å²) in [5, 5.41) is 0. The van der Waals surface area contributed by atoms with E-state index in [-0.39, 0.29) is 11.8 Å². The van der Waals surface area contributed by atoms with Crippen LogP contribution >= 0.6 is 0 Å². The van der Waals surface area contributed by atoms with Gasteiger partial charge in [-0.05, 0) is 30.5 Å². The second kappa shape index (κ2) is 4.08. The summed E-state index contributed by atoms with van der Waals surface area (Å²) in [4.78, 5) is 23.8. The quantitative estimate of drug-likeness (QED) is 0.725. The van der Waals surface area contributed by atoms with Gasteiger partial charge < -0.3 is 9.69 Å². The van der Waals surface area contributed by atoms with E-state index in [0.717, 1.165) is 29.5 Å². The molecule has 1 unspecified atom stereocenters. The Morgan fingerprint density at radius 3 is 2.88 bits per heavy atom. The third-order valence-electron chi connectivity index (χ3n) is 3.17. The number of amides is 1. The smallest absolute Gasteiger partial charge is 0.234 e. The van der Waals surface area contributed by atoms with E-state index >= 15 is 0 Å². The van der Waals surface area contributed by atoms with Gasteiger partial charge in [-0.3, -0.25) is 4.79 Å². The average Bonchev–Trinajstić information content (AvgIpc) is 2.52. The van der Waals surface area contributed by atoms with Crippen LogP contribution in [0.4, 0.5) is 5.69 Å². The summed E-state index contributed by atoms with van der Waals surface area (Å²) in [7, 11) is 1.80. The Bertz CT molecular complexity index is 440. The molecule has 0 aromatic heterocycles. The second-order valence-electron chi connectivity index (χ2n) is 4.22. The van der Waals surface area contributed by atoms with Crippen molar-refractivity contribution >= 4 is 17.9 Å². The number of fused-ring (bicyclic) bond motifs is 1. The molecule has 1 atom stereocenters. The van der Waals surface area contributed by atoms with Crippen molar-refractivity contribution < 1.29 is 9.59 Å². The minimum absolute atomic E-state index is 0.0591. The Morgan fingerprint density at radius 2 is 2.19 bits per heavy atom. The largest absolute Gasteiger partial charge is 0.315 e. The summed E-state index contributed by atoms with van der Waals surface area (Å²) in [5.74, 6) is 0.0821. The standard InChI is InChI=1S/C13H15NO2/c1-9-11-8-10(4-3-7-15)5-6-12(11)14(2)13(9)16/h5-9H,3-4H2,1-2H3. The van der Waals surface area contributed by atoms with Gasteiger partial charge in [-0.15, -0.1) is 0 Å². The molecule has 1 aromatic carbocycles. The topological polar surface area (TPSA) is 37.4 Å². The van der Waals surface area contributed by atoms with E-state index in [4.69, 9.17) is 0 Å². The fourth-order valence-electron chi connectivity index (χ4n) is 2.18. The lowest BCUT2D eigenvalue weighted by atomic mass is 9.99. The van der Waals surface area contributed by atoms with Crippen LogP contribution in [-0.2, 0) is 16.0 Å². The van der Waals surface area contributed by atoms with Gasteiger partial charge in [0, 0.05) is 19.2 Å². The van der Waals surface area contributed by atoms with Gasteiger partial charge >= 0.3 is 0 Å². The molecule has 3 heteroatoms. The van der Waals surface area contributed by atoms with Crippen molar-refractivity contribution in [2.24, 2.45) is 0 Å². The van der Waals surface area contributed by atoms with Crippen LogP contribution in [0, 0.1) is 0 Å². The highest BCUT2D eigenvalue weighted by atomic mass is 16.2. The first-order valence-electron chi connectivity index (χ1n) is 5.49. The fraction of sp³-hybridized carbons (Fsp3) is 0.385. The zero-order chi connectivity index (χ0) is 11.7. The number of carbonyl (C=O) groups is 2. The third kappa shape index (κ3) is 1.62. The highest BCUT2D eigenvalue weighted by Crippen LogP contribution is 2.36. The Balaban J connectivity index is 2.33. The van der Waals surface area contributed by atoms with E-state index in [1.54, 1.807) is 11.9 Å². The molecule has 0 radical (unpaired) electrons. The van der Waals surface area contributed by atoms with Gasteiger partial charge in [0.05, 0.1) is 5.92 Å². The lowest BCUT2D eigenvalue weighted by Gasteiger charge is -2.10. The van der Waals surface area contributed by atoms with Gasteiger partial charge in [-0.1, -0.05) is 12.1 Å². The normalized spacial score (nSPS) is 18.8. The monoisotopic (exact) mass is 217 g/mol. The Kier molecular flexibility index (Phi) is 2.77. The highest BCUT2D eigenvalue weighted by Gasteiger charge is 2.31. The van der Waals surface area contributed by atoms with Gasteiger partial charge in [0.1, 0.15) is 6.29 Å². The first kappa shape index (κ1) is 10.9. The van der Waals surface area contributed by atoms with Crippen LogP contribution < -0.4 is 4.90 Å². The van der Waals surface area contributed by atoms with Crippen molar-refractivity contribution in [3.05, 3.63) is 29.3 Å².